The van der Waals surface area contributed by atoms with E-state index in [1.54, 1.807) is 23.7 Å². The van der Waals surface area contributed by atoms with Crippen LogP contribution >= 0.6 is 11.8 Å². The van der Waals surface area contributed by atoms with Crippen molar-refractivity contribution in [1.29, 1.82) is 0 Å². The van der Waals surface area contributed by atoms with Crippen molar-refractivity contribution in [3.8, 4) is 0 Å². The lowest BCUT2D eigenvalue weighted by molar-refractivity contribution is 0.209. The second kappa shape index (κ2) is 3.04. The summed E-state index contributed by atoms with van der Waals surface area (Å²) in [5.41, 5.74) is 5.44. The maximum atomic E-state index is 11.1. The van der Waals surface area contributed by atoms with E-state index in [4.69, 9.17) is 5.73 Å². The highest BCUT2D eigenvalue weighted by molar-refractivity contribution is 7.99. The zero-order chi connectivity index (χ0) is 8.43. The van der Waals surface area contributed by atoms with Gasteiger partial charge in [0.2, 0.25) is 0 Å². The maximum Gasteiger partial charge on any atom is 0.323 e. The number of hydrogen-bond acceptors (Lipinski definition) is 3. The van der Waals surface area contributed by atoms with Crippen molar-refractivity contribution < 1.29 is 4.79 Å². The smallest absolute Gasteiger partial charge is 0.323 e. The normalized spacial score (nSPS) is 24.5. The summed E-state index contributed by atoms with van der Waals surface area (Å²) in [5, 5.41) is 2.56. The molecule has 0 bridgehead atoms. The third-order valence-electron chi connectivity index (χ3n) is 1.52. The molecule has 0 fully saturated rings. The molecule has 5 heteroatoms. The molecule has 1 heterocycles. The number of likely N-dealkylation sites (N-methyl/N-ethyl adjacent to an activating group) is 1. The van der Waals surface area contributed by atoms with Gasteiger partial charge >= 0.3 is 6.03 Å². The van der Waals surface area contributed by atoms with E-state index in [0.717, 1.165) is 0 Å². The molecule has 0 aromatic carbocycles. The van der Waals surface area contributed by atoms with Crippen molar-refractivity contribution in [3.05, 3.63) is 11.9 Å². The third kappa shape index (κ3) is 1.59. The third-order valence-corrected chi connectivity index (χ3v) is 2.45. The van der Waals surface area contributed by atoms with E-state index in [0.29, 0.717) is 5.82 Å². The number of carbonyl (C=O) groups is 1. The molecule has 3 N–H and O–H groups in total. The van der Waals surface area contributed by atoms with Gasteiger partial charge in [-0.25, -0.2) is 4.79 Å². The van der Waals surface area contributed by atoms with Crippen LogP contribution in [0.3, 0.4) is 0 Å². The minimum Gasteiger partial charge on any atom is -0.385 e. The van der Waals surface area contributed by atoms with Gasteiger partial charge < -0.3 is 10.6 Å². The fourth-order valence-corrected chi connectivity index (χ4v) is 1.56. The van der Waals surface area contributed by atoms with E-state index < -0.39 is 0 Å². The van der Waals surface area contributed by atoms with Gasteiger partial charge in [-0.3, -0.25) is 5.32 Å². The predicted molar refractivity (Wildman–Crippen MR) is 45.9 cm³/mol. The van der Waals surface area contributed by atoms with E-state index in [1.807, 2.05) is 12.3 Å². The van der Waals surface area contributed by atoms with Crippen LogP contribution in [0.5, 0.6) is 0 Å². The number of carbonyl (C=O) groups excluding carboxylic acids is 1. The van der Waals surface area contributed by atoms with Crippen LogP contribution in [0.4, 0.5) is 4.79 Å². The summed E-state index contributed by atoms with van der Waals surface area (Å²) in [5.74, 6) is 0.437. The number of urea groups is 1. The lowest BCUT2D eigenvalue weighted by atomic mass is 10.4. The minimum atomic E-state index is -0.149. The molecule has 2 amide bonds. The first kappa shape index (κ1) is 8.26. The molecule has 1 unspecified atom stereocenters. The summed E-state index contributed by atoms with van der Waals surface area (Å²) in [6.07, 6.45) is 3.75. The first-order chi connectivity index (χ1) is 5.15. The zero-order valence-corrected chi connectivity index (χ0v) is 7.31. The highest BCUT2D eigenvalue weighted by atomic mass is 32.2. The molecule has 1 aliphatic rings. The molecule has 0 aromatic heterocycles. The Morgan fingerprint density at radius 2 is 2.45 bits per heavy atom. The van der Waals surface area contributed by atoms with Gasteiger partial charge in [0, 0.05) is 7.05 Å². The van der Waals surface area contributed by atoms with Crippen molar-refractivity contribution >= 4 is 17.8 Å². The van der Waals surface area contributed by atoms with E-state index in [9.17, 15) is 4.79 Å². The van der Waals surface area contributed by atoms with Crippen molar-refractivity contribution in [2.75, 3.05) is 13.3 Å². The fourth-order valence-electron chi connectivity index (χ4n) is 0.860. The Labute approximate surface area is 69.8 Å². The van der Waals surface area contributed by atoms with Gasteiger partial charge in [0.25, 0.3) is 0 Å². The lowest BCUT2D eigenvalue weighted by Crippen LogP contribution is -2.47. The minimum absolute atomic E-state index is 0.0590. The van der Waals surface area contributed by atoms with Crippen LogP contribution in [0, 0.1) is 0 Å². The van der Waals surface area contributed by atoms with Gasteiger partial charge in [0.1, 0.15) is 11.2 Å². The first-order valence-electron chi connectivity index (χ1n) is 3.19. The molecule has 0 saturated carbocycles. The molecule has 4 nitrogen and oxygen atoms in total. The number of amides is 2. The van der Waals surface area contributed by atoms with Crippen molar-refractivity contribution in [1.82, 2.24) is 10.2 Å². The van der Waals surface area contributed by atoms with Crippen LogP contribution in [0.2, 0.25) is 0 Å². The zero-order valence-electron chi connectivity index (χ0n) is 6.50. The highest BCUT2D eigenvalue weighted by Crippen LogP contribution is 2.15. The Morgan fingerprint density at radius 1 is 1.82 bits per heavy atom. The second-order valence-electron chi connectivity index (χ2n) is 2.29. The largest absolute Gasteiger partial charge is 0.385 e. The standard InChI is InChI=1S/C6H11N3OS/c1-9-5(11-2)3-4(7)8-6(9)10/h3,5H,7H2,1-2H3,(H,8,10). The second-order valence-corrected chi connectivity index (χ2v) is 3.24. The van der Waals surface area contributed by atoms with Crippen LogP contribution in [-0.4, -0.2) is 29.6 Å². The predicted octanol–water partition coefficient (Wildman–Crippen LogP) is 0.131. The molecule has 1 aliphatic heterocycles. The van der Waals surface area contributed by atoms with Crippen molar-refractivity contribution in [3.63, 3.8) is 0 Å². The molecule has 0 aromatic rings. The summed E-state index contributed by atoms with van der Waals surface area (Å²) in [4.78, 5) is 12.7. The monoisotopic (exact) mass is 173 g/mol. The van der Waals surface area contributed by atoms with E-state index in [1.165, 1.54) is 0 Å². The highest BCUT2D eigenvalue weighted by Gasteiger charge is 2.21. The van der Waals surface area contributed by atoms with Crippen LogP contribution < -0.4 is 11.1 Å². The first-order valence-corrected chi connectivity index (χ1v) is 4.48. The van der Waals surface area contributed by atoms with E-state index in [2.05, 4.69) is 5.32 Å². The lowest BCUT2D eigenvalue weighted by Gasteiger charge is -2.28. The number of hydrogen-bond donors (Lipinski definition) is 2. The van der Waals surface area contributed by atoms with Gasteiger partial charge in [0.15, 0.2) is 0 Å². The maximum absolute atomic E-state index is 11.1. The van der Waals surface area contributed by atoms with E-state index in [-0.39, 0.29) is 11.4 Å². The number of thioether (sulfide) groups is 1. The molecular formula is C6H11N3OS. The van der Waals surface area contributed by atoms with Crippen molar-refractivity contribution in [2.45, 2.75) is 5.37 Å². The average Bonchev–Trinajstić information content (AvgIpc) is 1.96. The molecule has 62 valence electrons. The SMILES string of the molecule is CSC1C=C(N)NC(=O)N1C. The van der Waals surface area contributed by atoms with Gasteiger partial charge in [-0.05, 0) is 12.3 Å². The Bertz CT molecular complexity index is 204. The molecule has 0 spiro atoms. The van der Waals surface area contributed by atoms with Crippen LogP contribution in [0.1, 0.15) is 0 Å². The number of nitrogens with two attached hydrogens (primary N) is 1. The van der Waals surface area contributed by atoms with Gasteiger partial charge in [-0.2, -0.15) is 0 Å². The van der Waals surface area contributed by atoms with Crippen LogP contribution in [0.25, 0.3) is 0 Å². The fraction of sp³-hybridized carbons (Fsp3) is 0.500. The Kier molecular flexibility index (Phi) is 2.28. The molecule has 1 rings (SSSR count). The van der Waals surface area contributed by atoms with Crippen LogP contribution in [0.15, 0.2) is 11.9 Å². The van der Waals surface area contributed by atoms with Gasteiger partial charge in [-0.15, -0.1) is 11.8 Å². The number of nitrogens with zero attached hydrogens (tertiary/aromatic N) is 1. The summed E-state index contributed by atoms with van der Waals surface area (Å²) in [7, 11) is 1.74. The van der Waals surface area contributed by atoms with Gasteiger partial charge in [0.05, 0.1) is 0 Å². The van der Waals surface area contributed by atoms with Crippen LogP contribution in [-0.2, 0) is 0 Å². The topological polar surface area (TPSA) is 58.4 Å². The summed E-state index contributed by atoms with van der Waals surface area (Å²) in [6.45, 7) is 0. The summed E-state index contributed by atoms with van der Waals surface area (Å²) >= 11 is 1.57. The molecule has 0 radical (unpaired) electrons. The molecule has 0 aliphatic carbocycles. The summed E-state index contributed by atoms with van der Waals surface area (Å²) < 4.78 is 0. The van der Waals surface area contributed by atoms with Gasteiger partial charge in [-0.1, -0.05) is 0 Å². The molecule has 0 saturated heterocycles. The van der Waals surface area contributed by atoms with E-state index >= 15 is 0 Å². The molecule has 1 atom stereocenters. The summed E-state index contributed by atoms with van der Waals surface area (Å²) in [6, 6.07) is -0.149. The van der Waals surface area contributed by atoms with Crippen molar-refractivity contribution in [2.24, 2.45) is 5.73 Å². The number of rotatable bonds is 1. The average molecular weight is 173 g/mol. The Balaban J connectivity index is 2.78. The molecule has 11 heavy (non-hydrogen) atoms. The quantitative estimate of drug-likeness (QED) is 0.592. The number of nitrogens with one attached hydrogen (secondary N) is 1. The molecular weight excluding hydrogens is 162 g/mol. The Hall–Kier alpha value is -0.840. The Morgan fingerprint density at radius 3 is 3.00 bits per heavy atom.